The molecule has 108 valence electrons. The van der Waals surface area contributed by atoms with Gasteiger partial charge in [-0.1, -0.05) is 15.9 Å². The van der Waals surface area contributed by atoms with Crippen LogP contribution in [0.1, 0.15) is 6.92 Å². The predicted octanol–water partition coefficient (Wildman–Crippen LogP) is 1.93. The summed E-state index contributed by atoms with van der Waals surface area (Å²) in [5, 5.41) is 6.41. The maximum Gasteiger partial charge on any atom is 0.238 e. The van der Waals surface area contributed by atoms with Crippen molar-refractivity contribution in [3.05, 3.63) is 28.7 Å². The van der Waals surface area contributed by atoms with Crippen molar-refractivity contribution >= 4 is 27.5 Å². The fraction of sp³-hybridized carbons (Fsp3) is 0.533. The monoisotopic (exact) mass is 337 g/mol. The number of anilines is 1. The molecule has 20 heavy (non-hydrogen) atoms. The Labute approximate surface area is 128 Å². The molecule has 4 nitrogen and oxygen atoms in total. The second-order valence-corrected chi connectivity index (χ2v) is 6.72. The topological polar surface area (TPSA) is 44.4 Å². The molecule has 0 saturated carbocycles. The molecule has 0 aliphatic carbocycles. The molecule has 2 aliphatic rings. The Balaban J connectivity index is 1.55. The van der Waals surface area contributed by atoms with Crippen molar-refractivity contribution in [2.24, 2.45) is 11.8 Å². The van der Waals surface area contributed by atoms with Crippen LogP contribution in [0.15, 0.2) is 28.7 Å². The first kappa shape index (κ1) is 14.0. The van der Waals surface area contributed by atoms with Gasteiger partial charge in [0.25, 0.3) is 0 Å². The van der Waals surface area contributed by atoms with Crippen LogP contribution in [0.25, 0.3) is 0 Å². The van der Waals surface area contributed by atoms with Crippen molar-refractivity contribution in [1.29, 1.82) is 0 Å². The van der Waals surface area contributed by atoms with Crippen LogP contribution in [-0.2, 0) is 4.79 Å². The van der Waals surface area contributed by atoms with E-state index in [1.54, 1.807) is 0 Å². The lowest BCUT2D eigenvalue weighted by Crippen LogP contribution is -2.38. The average Bonchev–Trinajstić information content (AvgIpc) is 2.97. The summed E-state index contributed by atoms with van der Waals surface area (Å²) in [5.41, 5.74) is 0.854. The minimum absolute atomic E-state index is 0.0760. The Morgan fingerprint density at radius 3 is 2.85 bits per heavy atom. The number of rotatable bonds is 3. The van der Waals surface area contributed by atoms with E-state index in [1.807, 2.05) is 24.3 Å². The largest absolute Gasteiger partial charge is 0.325 e. The zero-order valence-electron chi connectivity index (χ0n) is 11.6. The molecule has 2 saturated heterocycles. The van der Waals surface area contributed by atoms with Crippen molar-refractivity contribution in [2.75, 3.05) is 31.5 Å². The number of benzene rings is 1. The average molecular weight is 338 g/mol. The molecule has 1 aromatic carbocycles. The van der Waals surface area contributed by atoms with Crippen molar-refractivity contribution in [3.63, 3.8) is 0 Å². The Morgan fingerprint density at radius 2 is 2.15 bits per heavy atom. The molecule has 0 radical (unpaired) electrons. The summed E-state index contributed by atoms with van der Waals surface area (Å²) < 4.78 is 1.02. The first-order valence-corrected chi connectivity index (χ1v) is 7.93. The summed E-state index contributed by atoms with van der Waals surface area (Å²) in [7, 11) is 0. The lowest BCUT2D eigenvalue weighted by molar-refractivity contribution is -0.117. The van der Waals surface area contributed by atoms with E-state index in [9.17, 15) is 4.79 Å². The van der Waals surface area contributed by atoms with Crippen molar-refractivity contribution < 1.29 is 4.79 Å². The minimum Gasteiger partial charge on any atom is -0.325 e. The van der Waals surface area contributed by atoms with Gasteiger partial charge in [-0.05, 0) is 56.1 Å². The highest BCUT2D eigenvalue weighted by atomic mass is 79.9. The van der Waals surface area contributed by atoms with E-state index in [0.717, 1.165) is 29.8 Å². The molecule has 2 aliphatic heterocycles. The van der Waals surface area contributed by atoms with Crippen LogP contribution in [0.2, 0.25) is 0 Å². The first-order valence-electron chi connectivity index (χ1n) is 7.13. The van der Waals surface area contributed by atoms with Crippen LogP contribution in [0, 0.1) is 11.8 Å². The Morgan fingerprint density at radius 1 is 1.40 bits per heavy atom. The zero-order chi connectivity index (χ0) is 14.1. The van der Waals surface area contributed by atoms with Crippen LogP contribution >= 0.6 is 15.9 Å². The third-order valence-electron chi connectivity index (χ3n) is 4.53. The third kappa shape index (κ3) is 2.90. The molecule has 2 fully saturated rings. The van der Waals surface area contributed by atoms with E-state index in [-0.39, 0.29) is 5.91 Å². The first-order chi connectivity index (χ1) is 9.63. The van der Waals surface area contributed by atoms with Crippen molar-refractivity contribution in [1.82, 2.24) is 10.2 Å². The summed E-state index contributed by atoms with van der Waals surface area (Å²) in [6.07, 6.45) is 0. The fourth-order valence-corrected chi connectivity index (χ4v) is 3.65. The maximum atomic E-state index is 12.1. The van der Waals surface area contributed by atoms with E-state index in [0.29, 0.717) is 24.4 Å². The van der Waals surface area contributed by atoms with Gasteiger partial charge in [0.05, 0.1) is 6.54 Å². The lowest BCUT2D eigenvalue weighted by Gasteiger charge is -2.23. The fourth-order valence-electron chi connectivity index (χ4n) is 3.38. The van der Waals surface area contributed by atoms with Crippen molar-refractivity contribution in [2.45, 2.75) is 13.0 Å². The van der Waals surface area contributed by atoms with E-state index < -0.39 is 0 Å². The van der Waals surface area contributed by atoms with E-state index in [4.69, 9.17) is 0 Å². The van der Waals surface area contributed by atoms with Crippen LogP contribution in [0.5, 0.6) is 0 Å². The Kier molecular flexibility index (Phi) is 4.10. The van der Waals surface area contributed by atoms with Gasteiger partial charge < -0.3 is 10.6 Å². The van der Waals surface area contributed by atoms with Crippen molar-refractivity contribution in [3.8, 4) is 0 Å². The van der Waals surface area contributed by atoms with Gasteiger partial charge in [0.2, 0.25) is 5.91 Å². The van der Waals surface area contributed by atoms with Gasteiger partial charge >= 0.3 is 0 Å². The van der Waals surface area contributed by atoms with Gasteiger partial charge in [0.1, 0.15) is 0 Å². The number of halogens is 1. The van der Waals surface area contributed by atoms with E-state index >= 15 is 0 Å². The molecule has 1 aromatic rings. The second-order valence-electron chi connectivity index (χ2n) is 5.81. The Bertz CT molecular complexity index is 490. The highest BCUT2D eigenvalue weighted by Crippen LogP contribution is 2.31. The highest BCUT2D eigenvalue weighted by molar-refractivity contribution is 9.10. The lowest BCUT2D eigenvalue weighted by atomic mass is 9.95. The molecule has 0 bridgehead atoms. The van der Waals surface area contributed by atoms with Crippen LogP contribution in [0.3, 0.4) is 0 Å². The molecule has 3 unspecified atom stereocenters. The third-order valence-corrected chi connectivity index (χ3v) is 5.06. The molecular weight excluding hydrogens is 318 g/mol. The molecule has 0 spiro atoms. The Hall–Kier alpha value is -0.910. The normalized spacial score (nSPS) is 29.4. The number of nitrogens with zero attached hydrogens (tertiary/aromatic N) is 1. The van der Waals surface area contributed by atoms with Gasteiger partial charge in [0, 0.05) is 22.7 Å². The highest BCUT2D eigenvalue weighted by Gasteiger charge is 2.41. The molecule has 0 aromatic heterocycles. The van der Waals surface area contributed by atoms with Crippen LogP contribution in [0.4, 0.5) is 5.69 Å². The molecular formula is C15H20BrN3O. The minimum atomic E-state index is 0.0760. The van der Waals surface area contributed by atoms with Gasteiger partial charge in [-0.2, -0.15) is 0 Å². The van der Waals surface area contributed by atoms with Gasteiger partial charge in [-0.15, -0.1) is 0 Å². The number of hydrogen-bond acceptors (Lipinski definition) is 3. The standard InChI is InChI=1S/C15H20BrN3O/c1-10-14-7-17-6-11(14)8-19(10)9-15(20)18-13-4-2-12(16)3-5-13/h2-5,10-11,14,17H,6-9H2,1H3,(H,18,20). The number of likely N-dealkylation sites (tertiary alicyclic amines) is 1. The van der Waals surface area contributed by atoms with Gasteiger partial charge in [-0.25, -0.2) is 0 Å². The summed E-state index contributed by atoms with van der Waals surface area (Å²) in [6, 6.07) is 8.18. The molecule has 1 amide bonds. The SMILES string of the molecule is CC1C2CNCC2CN1CC(=O)Nc1ccc(Br)cc1. The molecule has 2 N–H and O–H groups in total. The number of amides is 1. The second kappa shape index (κ2) is 5.84. The number of carbonyl (C=O) groups excluding carboxylic acids is 1. The maximum absolute atomic E-state index is 12.1. The number of hydrogen-bond donors (Lipinski definition) is 2. The number of carbonyl (C=O) groups is 1. The molecule has 3 rings (SSSR count). The van der Waals surface area contributed by atoms with Gasteiger partial charge in [-0.3, -0.25) is 9.69 Å². The zero-order valence-corrected chi connectivity index (χ0v) is 13.2. The molecule has 5 heteroatoms. The van der Waals surface area contributed by atoms with Crippen LogP contribution < -0.4 is 10.6 Å². The van der Waals surface area contributed by atoms with E-state index in [1.165, 1.54) is 0 Å². The summed E-state index contributed by atoms with van der Waals surface area (Å²) in [4.78, 5) is 14.4. The summed E-state index contributed by atoms with van der Waals surface area (Å²) in [6.45, 7) is 5.96. The number of nitrogens with one attached hydrogen (secondary N) is 2. The molecule has 3 atom stereocenters. The summed E-state index contributed by atoms with van der Waals surface area (Å²) >= 11 is 3.39. The quantitative estimate of drug-likeness (QED) is 0.885. The number of fused-ring (bicyclic) bond motifs is 1. The smallest absolute Gasteiger partial charge is 0.238 e. The van der Waals surface area contributed by atoms with Crippen LogP contribution in [-0.4, -0.2) is 43.0 Å². The molecule has 2 heterocycles. The predicted molar refractivity (Wildman–Crippen MR) is 83.7 cm³/mol. The summed E-state index contributed by atoms with van der Waals surface area (Å²) in [5.74, 6) is 1.49. The van der Waals surface area contributed by atoms with E-state index in [2.05, 4.69) is 38.4 Å². The van der Waals surface area contributed by atoms with Gasteiger partial charge in [0.15, 0.2) is 0 Å².